The van der Waals surface area contributed by atoms with E-state index in [0.717, 1.165) is 22.6 Å². The van der Waals surface area contributed by atoms with Gasteiger partial charge in [0.15, 0.2) is 11.5 Å². The third-order valence-electron chi connectivity index (χ3n) is 4.03. The highest BCUT2D eigenvalue weighted by atomic mass is 16.5. The molecule has 0 spiro atoms. The quantitative estimate of drug-likeness (QED) is 0.605. The van der Waals surface area contributed by atoms with E-state index in [1.165, 1.54) is 0 Å². The van der Waals surface area contributed by atoms with Crippen LogP contribution >= 0.6 is 0 Å². The summed E-state index contributed by atoms with van der Waals surface area (Å²) in [5, 5.41) is 2.88. The van der Waals surface area contributed by atoms with Gasteiger partial charge in [-0.2, -0.15) is 0 Å². The summed E-state index contributed by atoms with van der Waals surface area (Å²) in [7, 11) is 0. The fourth-order valence-corrected chi connectivity index (χ4v) is 2.72. The summed E-state index contributed by atoms with van der Waals surface area (Å²) in [4.78, 5) is 11.9. The van der Waals surface area contributed by atoms with Crippen LogP contribution in [0.4, 0.5) is 0 Å². The van der Waals surface area contributed by atoms with Crippen LogP contribution in [0.25, 0.3) is 0 Å². The Hall–Kier alpha value is -2.69. The molecule has 2 aromatic carbocycles. The molecule has 0 aromatic heterocycles. The fourth-order valence-electron chi connectivity index (χ4n) is 2.72. The Morgan fingerprint density at radius 3 is 2.22 bits per heavy atom. The van der Waals surface area contributed by atoms with Crippen molar-refractivity contribution in [3.05, 3.63) is 53.6 Å². The van der Waals surface area contributed by atoms with E-state index in [0.29, 0.717) is 45.0 Å². The predicted octanol–water partition coefficient (Wildman–Crippen LogP) is 4.06. The molecule has 0 aliphatic rings. The lowest BCUT2D eigenvalue weighted by molar-refractivity contribution is -0.121. The smallest absolute Gasteiger partial charge is 0.220 e. The van der Waals surface area contributed by atoms with Crippen LogP contribution in [0, 0.1) is 13.8 Å². The van der Waals surface area contributed by atoms with E-state index >= 15 is 0 Å². The van der Waals surface area contributed by atoms with Crippen molar-refractivity contribution in [3.63, 3.8) is 0 Å². The van der Waals surface area contributed by atoms with Gasteiger partial charge in [-0.3, -0.25) is 4.79 Å². The Bertz CT molecular complexity index is 710. The first-order valence-corrected chi connectivity index (χ1v) is 9.42. The predicted molar refractivity (Wildman–Crippen MR) is 107 cm³/mol. The molecule has 2 rings (SSSR count). The lowest BCUT2D eigenvalue weighted by Gasteiger charge is -2.13. The van der Waals surface area contributed by atoms with Crippen molar-refractivity contribution < 1.29 is 19.0 Å². The van der Waals surface area contributed by atoms with Gasteiger partial charge in [-0.1, -0.05) is 30.3 Å². The summed E-state index contributed by atoms with van der Waals surface area (Å²) in [6.45, 7) is 7.97. The molecule has 0 saturated carbocycles. The maximum atomic E-state index is 11.9. The number of aryl methyl sites for hydroxylation is 2. The van der Waals surface area contributed by atoms with Gasteiger partial charge in [-0.25, -0.2) is 0 Å². The lowest BCUT2D eigenvalue weighted by Crippen LogP contribution is -2.28. The first-order valence-electron chi connectivity index (χ1n) is 9.42. The average molecular weight is 371 g/mol. The van der Waals surface area contributed by atoms with Gasteiger partial charge < -0.3 is 19.5 Å². The van der Waals surface area contributed by atoms with Gasteiger partial charge in [-0.15, -0.1) is 0 Å². The van der Waals surface area contributed by atoms with Crippen LogP contribution < -0.4 is 19.5 Å². The SMILES string of the molecule is CCOc1ccccc1OCCCC(=O)NCCOc1c(C)cccc1C. The topological polar surface area (TPSA) is 56.8 Å². The van der Waals surface area contributed by atoms with Gasteiger partial charge in [0.1, 0.15) is 12.4 Å². The van der Waals surface area contributed by atoms with Crippen LogP contribution in [-0.4, -0.2) is 32.3 Å². The van der Waals surface area contributed by atoms with Gasteiger partial charge in [0, 0.05) is 6.42 Å². The van der Waals surface area contributed by atoms with E-state index < -0.39 is 0 Å². The molecular formula is C22H29NO4. The Kier molecular flexibility index (Phi) is 8.49. The molecule has 146 valence electrons. The number of para-hydroxylation sites is 3. The molecule has 0 bridgehead atoms. The first-order chi connectivity index (χ1) is 13.1. The molecule has 5 heteroatoms. The molecule has 0 aliphatic heterocycles. The molecule has 0 fully saturated rings. The van der Waals surface area contributed by atoms with Crippen LogP contribution in [0.3, 0.4) is 0 Å². The summed E-state index contributed by atoms with van der Waals surface area (Å²) in [6.07, 6.45) is 1.06. The molecule has 0 unspecified atom stereocenters. The average Bonchev–Trinajstić information content (AvgIpc) is 2.65. The summed E-state index contributed by atoms with van der Waals surface area (Å²) in [6, 6.07) is 13.6. The van der Waals surface area contributed by atoms with E-state index in [1.54, 1.807) is 0 Å². The molecule has 0 aliphatic carbocycles. The monoisotopic (exact) mass is 371 g/mol. The van der Waals surface area contributed by atoms with Crippen molar-refractivity contribution in [2.45, 2.75) is 33.6 Å². The second-order valence-corrected chi connectivity index (χ2v) is 6.25. The Morgan fingerprint density at radius 2 is 1.56 bits per heavy atom. The second kappa shape index (κ2) is 11.1. The van der Waals surface area contributed by atoms with Gasteiger partial charge in [0.2, 0.25) is 5.91 Å². The Morgan fingerprint density at radius 1 is 0.889 bits per heavy atom. The Balaban J connectivity index is 1.61. The Labute approximate surface area is 161 Å². The third kappa shape index (κ3) is 6.85. The minimum Gasteiger partial charge on any atom is -0.491 e. The van der Waals surface area contributed by atoms with Crippen molar-refractivity contribution in [1.29, 1.82) is 0 Å². The van der Waals surface area contributed by atoms with Gasteiger partial charge >= 0.3 is 0 Å². The zero-order chi connectivity index (χ0) is 19.5. The molecule has 0 saturated heterocycles. The van der Waals surface area contributed by atoms with E-state index in [4.69, 9.17) is 14.2 Å². The summed E-state index contributed by atoms with van der Waals surface area (Å²) < 4.78 is 17.0. The number of carbonyl (C=O) groups excluding carboxylic acids is 1. The highest BCUT2D eigenvalue weighted by Crippen LogP contribution is 2.26. The molecule has 27 heavy (non-hydrogen) atoms. The zero-order valence-corrected chi connectivity index (χ0v) is 16.4. The van der Waals surface area contributed by atoms with Gasteiger partial charge in [0.25, 0.3) is 0 Å². The van der Waals surface area contributed by atoms with Crippen LogP contribution in [-0.2, 0) is 4.79 Å². The summed E-state index contributed by atoms with van der Waals surface area (Å²) >= 11 is 0. The highest BCUT2D eigenvalue weighted by molar-refractivity contribution is 5.75. The first kappa shape index (κ1) is 20.6. The number of hydrogen-bond acceptors (Lipinski definition) is 4. The van der Waals surface area contributed by atoms with Crippen LogP contribution in [0.5, 0.6) is 17.2 Å². The maximum Gasteiger partial charge on any atom is 0.220 e. The maximum absolute atomic E-state index is 11.9. The van der Waals surface area contributed by atoms with Crippen LogP contribution in [0.15, 0.2) is 42.5 Å². The molecule has 5 nitrogen and oxygen atoms in total. The van der Waals surface area contributed by atoms with Crippen molar-refractivity contribution in [2.24, 2.45) is 0 Å². The number of benzene rings is 2. The van der Waals surface area contributed by atoms with Crippen molar-refractivity contribution in [2.75, 3.05) is 26.4 Å². The summed E-state index contributed by atoms with van der Waals surface area (Å²) in [5.41, 5.74) is 2.21. The van der Waals surface area contributed by atoms with Crippen LogP contribution in [0.1, 0.15) is 30.9 Å². The van der Waals surface area contributed by atoms with E-state index in [9.17, 15) is 4.79 Å². The standard InChI is InChI=1S/C22H29NO4/c1-4-25-19-11-5-6-12-20(19)26-15-8-13-21(24)23-14-16-27-22-17(2)9-7-10-18(22)3/h5-7,9-12H,4,8,13-16H2,1-3H3,(H,23,24). The number of nitrogens with one attached hydrogen (secondary N) is 1. The number of amides is 1. The van der Waals surface area contributed by atoms with Crippen molar-refractivity contribution >= 4 is 5.91 Å². The molecule has 0 heterocycles. The highest BCUT2D eigenvalue weighted by Gasteiger charge is 2.06. The van der Waals surface area contributed by atoms with E-state index in [1.807, 2.05) is 63.2 Å². The minimum atomic E-state index is 0.00167. The fraction of sp³-hybridized carbons (Fsp3) is 0.409. The number of carbonyl (C=O) groups is 1. The van der Waals surface area contributed by atoms with Crippen molar-refractivity contribution in [3.8, 4) is 17.2 Å². The second-order valence-electron chi connectivity index (χ2n) is 6.25. The van der Waals surface area contributed by atoms with Crippen molar-refractivity contribution in [1.82, 2.24) is 5.32 Å². The number of ether oxygens (including phenoxy) is 3. The third-order valence-corrected chi connectivity index (χ3v) is 4.03. The largest absolute Gasteiger partial charge is 0.491 e. The molecular weight excluding hydrogens is 342 g/mol. The van der Waals surface area contributed by atoms with E-state index in [-0.39, 0.29) is 5.91 Å². The molecule has 2 aromatic rings. The van der Waals surface area contributed by atoms with Gasteiger partial charge in [0.05, 0.1) is 19.8 Å². The number of hydrogen-bond donors (Lipinski definition) is 1. The molecule has 0 atom stereocenters. The lowest BCUT2D eigenvalue weighted by atomic mass is 10.1. The normalized spacial score (nSPS) is 10.3. The minimum absolute atomic E-state index is 0.00167. The van der Waals surface area contributed by atoms with Crippen LogP contribution in [0.2, 0.25) is 0 Å². The summed E-state index contributed by atoms with van der Waals surface area (Å²) in [5.74, 6) is 2.34. The zero-order valence-electron chi connectivity index (χ0n) is 16.4. The molecule has 0 radical (unpaired) electrons. The van der Waals surface area contributed by atoms with Gasteiger partial charge in [-0.05, 0) is 50.5 Å². The molecule has 1 N–H and O–H groups in total. The van der Waals surface area contributed by atoms with E-state index in [2.05, 4.69) is 5.32 Å². The molecule has 1 amide bonds. The number of rotatable bonds is 11.